The number of hydrogen-bond donors (Lipinski definition) is 2. The number of carbonyl (C=O) groups excluding carboxylic acids is 1. The molecule has 5 heteroatoms. The Morgan fingerprint density at radius 2 is 2.00 bits per heavy atom. The minimum Gasteiger partial charge on any atom is -0.492 e. The van der Waals surface area contributed by atoms with Crippen molar-refractivity contribution in [2.75, 3.05) is 17.7 Å². The number of nitrogen functional groups attached to an aromatic ring is 1. The number of para-hydroxylation sites is 1. The van der Waals surface area contributed by atoms with Gasteiger partial charge in [-0.25, -0.2) is 0 Å². The molecule has 0 radical (unpaired) electrons. The van der Waals surface area contributed by atoms with Gasteiger partial charge in [-0.2, -0.15) is 0 Å². The van der Waals surface area contributed by atoms with Crippen molar-refractivity contribution < 1.29 is 9.53 Å². The van der Waals surface area contributed by atoms with E-state index in [1.54, 1.807) is 6.07 Å². The summed E-state index contributed by atoms with van der Waals surface area (Å²) >= 11 is 3.40. The first-order valence-corrected chi connectivity index (χ1v) is 7.39. The van der Waals surface area contributed by atoms with Gasteiger partial charge >= 0.3 is 0 Å². The van der Waals surface area contributed by atoms with Gasteiger partial charge in [0.05, 0.1) is 17.5 Å². The van der Waals surface area contributed by atoms with E-state index in [2.05, 4.69) is 21.2 Å². The average molecular weight is 349 g/mol. The van der Waals surface area contributed by atoms with E-state index >= 15 is 0 Å². The molecule has 0 bridgehead atoms. The van der Waals surface area contributed by atoms with Crippen molar-refractivity contribution in [2.24, 2.45) is 0 Å². The topological polar surface area (TPSA) is 64.3 Å². The molecule has 2 aromatic carbocycles. The highest BCUT2D eigenvalue weighted by Gasteiger charge is 2.07. The van der Waals surface area contributed by atoms with Crippen LogP contribution in [0.15, 0.2) is 46.9 Å². The highest BCUT2D eigenvalue weighted by atomic mass is 79.9. The van der Waals surface area contributed by atoms with Crippen LogP contribution in [0.5, 0.6) is 5.75 Å². The minimum absolute atomic E-state index is 0.101. The van der Waals surface area contributed by atoms with Crippen LogP contribution >= 0.6 is 15.9 Å². The second-order valence-electron chi connectivity index (χ2n) is 4.60. The second-order valence-corrected chi connectivity index (χ2v) is 5.45. The van der Waals surface area contributed by atoms with E-state index in [9.17, 15) is 4.79 Å². The number of amides is 1. The highest BCUT2D eigenvalue weighted by Crippen LogP contribution is 2.24. The molecule has 0 aliphatic heterocycles. The lowest BCUT2D eigenvalue weighted by molar-refractivity contribution is -0.116. The van der Waals surface area contributed by atoms with Crippen molar-refractivity contribution in [3.8, 4) is 5.75 Å². The summed E-state index contributed by atoms with van der Waals surface area (Å²) in [4.78, 5) is 11.9. The summed E-state index contributed by atoms with van der Waals surface area (Å²) in [5.74, 6) is 0.626. The van der Waals surface area contributed by atoms with Crippen LogP contribution in [0, 0.1) is 6.92 Å². The van der Waals surface area contributed by atoms with E-state index in [0.29, 0.717) is 12.3 Å². The maximum atomic E-state index is 11.9. The van der Waals surface area contributed by atoms with Gasteiger partial charge in [-0.15, -0.1) is 0 Å². The molecule has 0 saturated carbocycles. The van der Waals surface area contributed by atoms with Gasteiger partial charge in [0.15, 0.2) is 0 Å². The van der Waals surface area contributed by atoms with E-state index in [-0.39, 0.29) is 12.3 Å². The largest absolute Gasteiger partial charge is 0.492 e. The van der Waals surface area contributed by atoms with Crippen LogP contribution in [0.25, 0.3) is 0 Å². The number of ether oxygens (including phenoxy) is 1. The molecular weight excluding hydrogens is 332 g/mol. The maximum Gasteiger partial charge on any atom is 0.227 e. The van der Waals surface area contributed by atoms with E-state index in [1.165, 1.54) is 0 Å². The number of benzene rings is 2. The van der Waals surface area contributed by atoms with E-state index in [0.717, 1.165) is 21.5 Å². The molecular formula is C16H17BrN2O2. The summed E-state index contributed by atoms with van der Waals surface area (Å²) in [6, 6.07) is 13.0. The number of halogens is 1. The monoisotopic (exact) mass is 348 g/mol. The molecule has 110 valence electrons. The fourth-order valence-corrected chi connectivity index (χ4v) is 2.22. The van der Waals surface area contributed by atoms with Crippen molar-refractivity contribution in [1.29, 1.82) is 0 Å². The quantitative estimate of drug-likeness (QED) is 0.808. The molecule has 0 aromatic heterocycles. The third-order valence-corrected chi connectivity index (χ3v) is 3.73. The Morgan fingerprint density at radius 1 is 1.24 bits per heavy atom. The SMILES string of the molecule is Cc1c(N)cccc1NC(=O)CCOc1ccccc1Br. The lowest BCUT2D eigenvalue weighted by Gasteiger charge is -2.11. The average Bonchev–Trinajstić information content (AvgIpc) is 2.46. The van der Waals surface area contributed by atoms with E-state index < -0.39 is 0 Å². The van der Waals surface area contributed by atoms with Gasteiger partial charge in [0, 0.05) is 11.4 Å². The Kier molecular flexibility index (Phi) is 5.22. The number of nitrogens with two attached hydrogens (primary N) is 1. The van der Waals surface area contributed by atoms with Crippen molar-refractivity contribution in [1.82, 2.24) is 0 Å². The Labute approximate surface area is 132 Å². The third kappa shape index (κ3) is 4.23. The smallest absolute Gasteiger partial charge is 0.227 e. The van der Waals surface area contributed by atoms with E-state index in [1.807, 2.05) is 43.3 Å². The van der Waals surface area contributed by atoms with Crippen LogP contribution in [0.2, 0.25) is 0 Å². The summed E-state index contributed by atoms with van der Waals surface area (Å²) < 4.78 is 6.44. The molecule has 4 nitrogen and oxygen atoms in total. The first kappa shape index (κ1) is 15.4. The fraction of sp³-hybridized carbons (Fsp3) is 0.188. The zero-order chi connectivity index (χ0) is 15.2. The molecule has 21 heavy (non-hydrogen) atoms. The summed E-state index contributed by atoms with van der Waals surface area (Å²) in [5.41, 5.74) is 8.08. The number of carbonyl (C=O) groups is 1. The first-order chi connectivity index (χ1) is 10.1. The highest BCUT2D eigenvalue weighted by molar-refractivity contribution is 9.10. The molecule has 2 aromatic rings. The molecule has 0 fully saturated rings. The van der Waals surface area contributed by atoms with Gasteiger partial charge in [0.1, 0.15) is 5.75 Å². The van der Waals surface area contributed by atoms with Crippen molar-refractivity contribution in [3.05, 3.63) is 52.5 Å². The van der Waals surface area contributed by atoms with Gasteiger partial charge < -0.3 is 15.8 Å². The molecule has 1 amide bonds. The first-order valence-electron chi connectivity index (χ1n) is 6.60. The Morgan fingerprint density at radius 3 is 2.76 bits per heavy atom. The van der Waals surface area contributed by atoms with Crippen LogP contribution in [0.3, 0.4) is 0 Å². The Balaban J connectivity index is 1.85. The lowest BCUT2D eigenvalue weighted by atomic mass is 10.1. The molecule has 0 heterocycles. The summed E-state index contributed by atoms with van der Waals surface area (Å²) in [6.45, 7) is 2.19. The second kappa shape index (κ2) is 7.13. The fourth-order valence-electron chi connectivity index (χ4n) is 1.82. The number of rotatable bonds is 5. The van der Waals surface area contributed by atoms with Gasteiger partial charge in [-0.1, -0.05) is 18.2 Å². The van der Waals surface area contributed by atoms with Crippen LogP contribution in [-0.4, -0.2) is 12.5 Å². The zero-order valence-corrected chi connectivity index (χ0v) is 13.3. The predicted octanol–water partition coefficient (Wildman–Crippen LogP) is 3.75. The maximum absolute atomic E-state index is 11.9. The predicted molar refractivity (Wildman–Crippen MR) is 88.5 cm³/mol. The van der Waals surface area contributed by atoms with Gasteiger partial charge in [-0.05, 0) is 52.7 Å². The lowest BCUT2D eigenvalue weighted by Crippen LogP contribution is -2.16. The summed E-state index contributed by atoms with van der Waals surface area (Å²) in [5, 5.41) is 2.84. The standard InChI is InChI=1S/C16H17BrN2O2/c1-11-13(18)6-4-7-14(11)19-16(20)9-10-21-15-8-3-2-5-12(15)17/h2-8H,9-10,18H2,1H3,(H,19,20). The van der Waals surface area contributed by atoms with Gasteiger partial charge in [0.2, 0.25) is 5.91 Å². The van der Waals surface area contributed by atoms with E-state index in [4.69, 9.17) is 10.5 Å². The Bertz CT molecular complexity index is 644. The molecule has 0 spiro atoms. The summed E-state index contributed by atoms with van der Waals surface area (Å²) in [7, 11) is 0. The van der Waals surface area contributed by atoms with Crippen LogP contribution in [0.1, 0.15) is 12.0 Å². The molecule has 0 saturated heterocycles. The van der Waals surface area contributed by atoms with Crippen LogP contribution < -0.4 is 15.8 Å². The molecule has 3 N–H and O–H groups in total. The van der Waals surface area contributed by atoms with Crippen molar-refractivity contribution >= 4 is 33.2 Å². The molecule has 0 aliphatic rings. The molecule has 0 aliphatic carbocycles. The van der Waals surface area contributed by atoms with Gasteiger partial charge in [-0.3, -0.25) is 4.79 Å². The molecule has 0 unspecified atom stereocenters. The summed E-state index contributed by atoms with van der Waals surface area (Å²) in [6.07, 6.45) is 0.273. The number of nitrogens with one attached hydrogen (secondary N) is 1. The number of anilines is 2. The zero-order valence-electron chi connectivity index (χ0n) is 11.7. The van der Waals surface area contributed by atoms with Crippen LogP contribution in [0.4, 0.5) is 11.4 Å². The van der Waals surface area contributed by atoms with Gasteiger partial charge in [0.25, 0.3) is 0 Å². The number of hydrogen-bond acceptors (Lipinski definition) is 3. The van der Waals surface area contributed by atoms with Crippen LogP contribution in [-0.2, 0) is 4.79 Å². The van der Waals surface area contributed by atoms with Crippen molar-refractivity contribution in [2.45, 2.75) is 13.3 Å². The molecule has 2 rings (SSSR count). The third-order valence-electron chi connectivity index (χ3n) is 3.07. The Hall–Kier alpha value is -2.01. The minimum atomic E-state index is -0.101. The molecule has 0 atom stereocenters. The normalized spacial score (nSPS) is 10.2. The van der Waals surface area contributed by atoms with Crippen molar-refractivity contribution in [3.63, 3.8) is 0 Å².